The van der Waals surface area contributed by atoms with Crippen LogP contribution in [-0.2, 0) is 9.53 Å². The van der Waals surface area contributed by atoms with Crippen molar-refractivity contribution in [2.45, 2.75) is 13.0 Å². The van der Waals surface area contributed by atoms with E-state index in [0.29, 0.717) is 28.4 Å². The van der Waals surface area contributed by atoms with Crippen LogP contribution < -0.4 is 14.8 Å². The first kappa shape index (κ1) is 20.2. The minimum Gasteiger partial charge on any atom is -0.497 e. The molecule has 10 heteroatoms. The molecule has 1 heterocycles. The first-order valence-corrected chi connectivity index (χ1v) is 8.60. The molecule has 0 aliphatic rings. The van der Waals surface area contributed by atoms with E-state index in [1.165, 1.54) is 26.4 Å². The molecule has 1 N–H and O–H groups in total. The van der Waals surface area contributed by atoms with Crippen LogP contribution >= 0.6 is 11.3 Å². The van der Waals surface area contributed by atoms with Crippen molar-refractivity contribution in [1.29, 1.82) is 0 Å². The number of rotatable bonds is 8. The van der Waals surface area contributed by atoms with Gasteiger partial charge in [-0.2, -0.15) is 0 Å². The Labute approximate surface area is 159 Å². The second kappa shape index (κ2) is 8.99. The molecule has 0 aliphatic heterocycles. The molecule has 2 aromatic rings. The number of nitro groups is 1. The van der Waals surface area contributed by atoms with Crippen molar-refractivity contribution in [1.82, 2.24) is 5.32 Å². The number of thiophene rings is 1. The number of nitrogens with zero attached hydrogens (tertiary/aromatic N) is 1. The Balaban J connectivity index is 1.95. The lowest BCUT2D eigenvalue weighted by Gasteiger charge is -2.18. The van der Waals surface area contributed by atoms with E-state index < -0.39 is 29.4 Å². The fourth-order valence-corrected chi connectivity index (χ4v) is 2.99. The smallest absolute Gasteiger partial charge is 0.349 e. The van der Waals surface area contributed by atoms with Crippen LogP contribution in [0.3, 0.4) is 0 Å². The first-order valence-electron chi connectivity index (χ1n) is 7.78. The minimum absolute atomic E-state index is 0.0528. The van der Waals surface area contributed by atoms with E-state index in [2.05, 4.69) is 5.32 Å². The number of benzene rings is 1. The number of esters is 1. The Morgan fingerprint density at radius 3 is 2.56 bits per heavy atom. The van der Waals surface area contributed by atoms with Gasteiger partial charge in [0, 0.05) is 11.6 Å². The third kappa shape index (κ3) is 5.17. The van der Waals surface area contributed by atoms with Crippen LogP contribution in [0.4, 0.5) is 5.00 Å². The quantitative estimate of drug-likeness (QED) is 0.415. The molecule has 1 aromatic heterocycles. The standard InChI is InChI=1S/C17H18N2O7S/c1-10(12-8-11(24-2)4-5-13(12)25-3)18-15(20)9-26-17(21)14-6-7-16(27-14)19(22)23/h4-8,10H,9H2,1-3H3,(H,18,20)/t10-/m1/s1. The lowest BCUT2D eigenvalue weighted by Crippen LogP contribution is -2.31. The molecule has 0 spiro atoms. The second-order valence-electron chi connectivity index (χ2n) is 5.37. The summed E-state index contributed by atoms with van der Waals surface area (Å²) in [5.41, 5.74) is 0.699. The molecule has 1 atom stereocenters. The van der Waals surface area contributed by atoms with Crippen LogP contribution in [0, 0.1) is 10.1 Å². The number of hydrogen-bond acceptors (Lipinski definition) is 8. The van der Waals surface area contributed by atoms with Crippen molar-refractivity contribution in [3.63, 3.8) is 0 Å². The summed E-state index contributed by atoms with van der Waals surface area (Å²) in [5, 5.41) is 13.2. The zero-order chi connectivity index (χ0) is 20.0. The van der Waals surface area contributed by atoms with Gasteiger partial charge < -0.3 is 19.5 Å². The summed E-state index contributed by atoms with van der Waals surface area (Å²) in [7, 11) is 3.05. The van der Waals surface area contributed by atoms with Crippen molar-refractivity contribution >= 4 is 28.2 Å². The van der Waals surface area contributed by atoms with E-state index in [9.17, 15) is 19.7 Å². The molecule has 0 saturated carbocycles. The maximum Gasteiger partial charge on any atom is 0.349 e. The van der Waals surface area contributed by atoms with E-state index in [1.807, 2.05) is 0 Å². The van der Waals surface area contributed by atoms with Crippen LogP contribution in [0.5, 0.6) is 11.5 Å². The summed E-state index contributed by atoms with van der Waals surface area (Å²) in [6, 6.07) is 7.26. The van der Waals surface area contributed by atoms with Crippen LogP contribution in [0.2, 0.25) is 0 Å². The van der Waals surface area contributed by atoms with Gasteiger partial charge >= 0.3 is 11.0 Å². The molecule has 2 rings (SSSR count). The van der Waals surface area contributed by atoms with E-state index in [4.69, 9.17) is 14.2 Å². The van der Waals surface area contributed by atoms with Crippen molar-refractivity contribution < 1.29 is 28.7 Å². The van der Waals surface area contributed by atoms with Gasteiger partial charge in [0.15, 0.2) is 6.61 Å². The average Bonchev–Trinajstić information content (AvgIpc) is 3.16. The van der Waals surface area contributed by atoms with Gasteiger partial charge in [0.25, 0.3) is 5.91 Å². The fraction of sp³-hybridized carbons (Fsp3) is 0.294. The molecule has 1 aromatic carbocycles. The third-order valence-electron chi connectivity index (χ3n) is 3.59. The third-order valence-corrected chi connectivity index (χ3v) is 4.61. The van der Waals surface area contributed by atoms with Crippen molar-refractivity contribution in [3.05, 3.63) is 50.9 Å². The largest absolute Gasteiger partial charge is 0.497 e. The van der Waals surface area contributed by atoms with Crippen LogP contribution in [0.15, 0.2) is 30.3 Å². The van der Waals surface area contributed by atoms with Crippen molar-refractivity contribution in [2.75, 3.05) is 20.8 Å². The molecule has 0 radical (unpaired) electrons. The highest BCUT2D eigenvalue weighted by atomic mass is 32.1. The Kier molecular flexibility index (Phi) is 6.72. The molecular weight excluding hydrogens is 376 g/mol. The Morgan fingerprint density at radius 1 is 1.22 bits per heavy atom. The number of carbonyl (C=O) groups excluding carboxylic acids is 2. The van der Waals surface area contributed by atoms with Gasteiger partial charge in [0.2, 0.25) is 0 Å². The normalized spacial score (nSPS) is 11.4. The Hall–Kier alpha value is -3.14. The highest BCUT2D eigenvalue weighted by Crippen LogP contribution is 2.29. The zero-order valence-electron chi connectivity index (χ0n) is 14.9. The molecule has 0 saturated heterocycles. The monoisotopic (exact) mass is 394 g/mol. The van der Waals surface area contributed by atoms with Gasteiger partial charge in [0.1, 0.15) is 16.4 Å². The van der Waals surface area contributed by atoms with Gasteiger partial charge in [-0.1, -0.05) is 11.3 Å². The maximum atomic E-state index is 12.1. The van der Waals surface area contributed by atoms with Gasteiger partial charge in [-0.25, -0.2) is 4.79 Å². The van der Waals surface area contributed by atoms with Gasteiger partial charge in [-0.3, -0.25) is 14.9 Å². The highest BCUT2D eigenvalue weighted by molar-refractivity contribution is 7.17. The number of methoxy groups -OCH3 is 2. The highest BCUT2D eigenvalue weighted by Gasteiger charge is 2.19. The number of nitrogens with one attached hydrogen (secondary N) is 1. The van der Waals surface area contributed by atoms with Gasteiger partial charge in [0.05, 0.1) is 25.2 Å². The molecule has 0 unspecified atom stereocenters. The molecule has 144 valence electrons. The second-order valence-corrected chi connectivity index (χ2v) is 6.43. The molecule has 1 amide bonds. The fourth-order valence-electron chi connectivity index (χ4n) is 2.28. The Morgan fingerprint density at radius 2 is 1.96 bits per heavy atom. The van der Waals surface area contributed by atoms with Gasteiger partial charge in [-0.05, 0) is 31.2 Å². The summed E-state index contributed by atoms with van der Waals surface area (Å²) in [4.78, 5) is 34.0. The van der Waals surface area contributed by atoms with E-state index >= 15 is 0 Å². The predicted octanol–water partition coefficient (Wildman–Crippen LogP) is 2.71. The molecule has 0 fully saturated rings. The summed E-state index contributed by atoms with van der Waals surface area (Å²) in [6.07, 6.45) is 0. The predicted molar refractivity (Wildman–Crippen MR) is 97.4 cm³/mol. The maximum absolute atomic E-state index is 12.1. The molecule has 27 heavy (non-hydrogen) atoms. The first-order chi connectivity index (χ1) is 12.8. The zero-order valence-corrected chi connectivity index (χ0v) is 15.7. The SMILES string of the molecule is COc1ccc(OC)c([C@@H](C)NC(=O)COC(=O)c2ccc([N+](=O)[O-])s2)c1. The molecular formula is C17H18N2O7S. The summed E-state index contributed by atoms with van der Waals surface area (Å²) < 4.78 is 15.4. The molecule has 0 aliphatic carbocycles. The number of ether oxygens (including phenoxy) is 3. The summed E-state index contributed by atoms with van der Waals surface area (Å²) >= 11 is 0.685. The lowest BCUT2D eigenvalue weighted by atomic mass is 10.1. The average molecular weight is 394 g/mol. The van der Waals surface area contributed by atoms with E-state index in [0.717, 1.165) is 0 Å². The van der Waals surface area contributed by atoms with E-state index in [-0.39, 0.29) is 9.88 Å². The molecule has 0 bridgehead atoms. The van der Waals surface area contributed by atoms with Crippen molar-refractivity contribution in [2.24, 2.45) is 0 Å². The minimum atomic E-state index is -0.796. The number of carbonyl (C=O) groups is 2. The Bertz CT molecular complexity index is 850. The lowest BCUT2D eigenvalue weighted by molar-refractivity contribution is -0.380. The van der Waals surface area contributed by atoms with Crippen molar-refractivity contribution in [3.8, 4) is 11.5 Å². The van der Waals surface area contributed by atoms with Crippen LogP contribution in [0.1, 0.15) is 28.2 Å². The van der Waals surface area contributed by atoms with Crippen LogP contribution in [-0.4, -0.2) is 37.6 Å². The summed E-state index contributed by atoms with van der Waals surface area (Å²) in [6.45, 7) is 1.24. The van der Waals surface area contributed by atoms with E-state index in [1.54, 1.807) is 25.1 Å². The molecule has 9 nitrogen and oxygen atoms in total. The van der Waals surface area contributed by atoms with Gasteiger partial charge in [-0.15, -0.1) is 0 Å². The number of hydrogen-bond donors (Lipinski definition) is 1. The topological polar surface area (TPSA) is 117 Å². The summed E-state index contributed by atoms with van der Waals surface area (Å²) in [5.74, 6) is -0.134. The number of amides is 1. The van der Waals surface area contributed by atoms with Crippen LogP contribution in [0.25, 0.3) is 0 Å².